The van der Waals surface area contributed by atoms with Gasteiger partial charge in [-0.05, 0) is 69.3 Å². The van der Waals surface area contributed by atoms with Gasteiger partial charge >= 0.3 is 5.97 Å². The molecule has 0 spiro atoms. The number of nitrogens with zero attached hydrogens (tertiary/aromatic N) is 3. The predicted molar refractivity (Wildman–Crippen MR) is 109 cm³/mol. The fraction of sp³-hybridized carbons (Fsp3) is 0.524. The molecule has 1 saturated heterocycles. The van der Waals surface area contributed by atoms with E-state index in [9.17, 15) is 4.79 Å². The highest BCUT2D eigenvalue weighted by atomic mass is 35.5. The van der Waals surface area contributed by atoms with Gasteiger partial charge in [0.1, 0.15) is 0 Å². The lowest BCUT2D eigenvalue weighted by Gasteiger charge is -2.37. The number of carboxylic acid groups (broad SMARTS) is 1. The first-order chi connectivity index (χ1) is 13.0. The van der Waals surface area contributed by atoms with E-state index in [0.29, 0.717) is 6.04 Å². The monoisotopic (exact) mass is 387 g/mol. The summed E-state index contributed by atoms with van der Waals surface area (Å²) in [6.45, 7) is 1.96. The molecule has 4 rings (SSSR count). The van der Waals surface area contributed by atoms with Crippen LogP contribution in [0.5, 0.6) is 0 Å². The molecule has 0 radical (unpaired) electrons. The van der Waals surface area contributed by atoms with Crippen LogP contribution in [0.1, 0.15) is 36.9 Å². The number of piperidine rings is 1. The van der Waals surface area contributed by atoms with Crippen molar-refractivity contribution in [2.45, 2.75) is 44.6 Å². The molecule has 1 aliphatic carbocycles. The lowest BCUT2D eigenvalue weighted by atomic mass is 9.94. The molecule has 6 heteroatoms. The number of benzene rings is 1. The van der Waals surface area contributed by atoms with Crippen molar-refractivity contribution >= 4 is 34.2 Å². The SMILES string of the molecule is CN(CC(=O)O)C1CCN(c2ccc3c(Cl)c4c(nc3c2)CCCC4)CC1. The summed E-state index contributed by atoms with van der Waals surface area (Å²) in [6.07, 6.45) is 6.40. The zero-order chi connectivity index (χ0) is 19.0. The first-order valence-electron chi connectivity index (χ1n) is 9.81. The molecule has 0 unspecified atom stereocenters. The zero-order valence-corrected chi connectivity index (χ0v) is 16.5. The number of carboxylic acids is 1. The number of aromatic nitrogens is 1. The quantitative estimate of drug-likeness (QED) is 0.865. The summed E-state index contributed by atoms with van der Waals surface area (Å²) in [5.74, 6) is -0.763. The number of fused-ring (bicyclic) bond motifs is 2. The summed E-state index contributed by atoms with van der Waals surface area (Å²) in [5.41, 5.74) is 4.58. The maximum Gasteiger partial charge on any atom is 0.317 e. The van der Waals surface area contributed by atoms with Crippen LogP contribution in [0.4, 0.5) is 5.69 Å². The van der Waals surface area contributed by atoms with Crippen LogP contribution in [-0.4, -0.2) is 53.7 Å². The molecule has 144 valence electrons. The summed E-state index contributed by atoms with van der Waals surface area (Å²) < 4.78 is 0. The number of likely N-dealkylation sites (N-methyl/N-ethyl adjacent to an activating group) is 1. The lowest BCUT2D eigenvalue weighted by molar-refractivity contribution is -0.138. The number of hydrogen-bond acceptors (Lipinski definition) is 4. The topological polar surface area (TPSA) is 56.7 Å². The molecule has 1 fully saturated rings. The van der Waals surface area contributed by atoms with Crippen LogP contribution in [0.25, 0.3) is 10.9 Å². The second-order valence-corrected chi connectivity index (χ2v) is 8.16. The molecule has 1 N–H and O–H groups in total. The zero-order valence-electron chi connectivity index (χ0n) is 15.7. The van der Waals surface area contributed by atoms with E-state index >= 15 is 0 Å². The van der Waals surface area contributed by atoms with Gasteiger partial charge in [0.25, 0.3) is 0 Å². The Morgan fingerprint density at radius 3 is 2.78 bits per heavy atom. The standard InChI is InChI=1S/C21H26ClN3O2/c1-24(13-20(26)27)14-8-10-25(11-9-14)15-6-7-17-19(12-15)23-18-5-3-2-4-16(18)21(17)22/h6-7,12,14H,2-5,8-11,13H2,1H3,(H,26,27). The lowest BCUT2D eigenvalue weighted by Crippen LogP contribution is -2.45. The second kappa shape index (κ2) is 7.64. The first kappa shape index (κ1) is 18.5. The molecule has 1 aromatic carbocycles. The third kappa shape index (κ3) is 3.76. The average Bonchev–Trinajstić information content (AvgIpc) is 2.67. The van der Waals surface area contributed by atoms with Gasteiger partial charge in [0, 0.05) is 35.9 Å². The van der Waals surface area contributed by atoms with Crippen LogP contribution < -0.4 is 4.90 Å². The number of hydrogen-bond donors (Lipinski definition) is 1. The van der Waals surface area contributed by atoms with E-state index < -0.39 is 5.97 Å². The van der Waals surface area contributed by atoms with E-state index in [1.165, 1.54) is 29.8 Å². The van der Waals surface area contributed by atoms with Crippen LogP contribution in [-0.2, 0) is 17.6 Å². The van der Waals surface area contributed by atoms with Gasteiger partial charge in [0.05, 0.1) is 17.1 Å². The average molecular weight is 388 g/mol. The van der Waals surface area contributed by atoms with Crippen molar-refractivity contribution < 1.29 is 9.90 Å². The highest BCUT2D eigenvalue weighted by Crippen LogP contribution is 2.35. The highest BCUT2D eigenvalue weighted by molar-refractivity contribution is 6.36. The summed E-state index contributed by atoms with van der Waals surface area (Å²) >= 11 is 6.69. The van der Waals surface area contributed by atoms with Crippen molar-refractivity contribution in [1.82, 2.24) is 9.88 Å². The summed E-state index contributed by atoms with van der Waals surface area (Å²) in [6, 6.07) is 6.75. The molecule has 27 heavy (non-hydrogen) atoms. The number of pyridine rings is 1. The summed E-state index contributed by atoms with van der Waals surface area (Å²) in [7, 11) is 1.90. The van der Waals surface area contributed by atoms with Crippen molar-refractivity contribution in [3.8, 4) is 0 Å². The summed E-state index contributed by atoms with van der Waals surface area (Å²) in [5, 5.41) is 10.9. The van der Waals surface area contributed by atoms with Gasteiger partial charge < -0.3 is 10.0 Å². The number of carbonyl (C=O) groups is 1. The van der Waals surface area contributed by atoms with Crippen molar-refractivity contribution in [3.63, 3.8) is 0 Å². The molecule has 2 heterocycles. The van der Waals surface area contributed by atoms with Gasteiger partial charge in [-0.15, -0.1) is 0 Å². The normalized spacial score (nSPS) is 18.1. The Kier molecular flexibility index (Phi) is 5.24. The Balaban J connectivity index is 1.52. The Hall–Kier alpha value is -1.85. The second-order valence-electron chi connectivity index (χ2n) is 7.79. The van der Waals surface area contributed by atoms with E-state index in [2.05, 4.69) is 23.1 Å². The van der Waals surface area contributed by atoms with Gasteiger partial charge in [-0.25, -0.2) is 0 Å². The molecule has 1 aliphatic heterocycles. The predicted octanol–water partition coefficient (Wildman–Crippen LogP) is 3.75. The number of rotatable bonds is 4. The number of aryl methyl sites for hydroxylation is 1. The molecule has 1 aromatic heterocycles. The minimum Gasteiger partial charge on any atom is -0.480 e. The maximum atomic E-state index is 10.9. The van der Waals surface area contributed by atoms with Crippen LogP contribution in [0.2, 0.25) is 5.02 Å². The Labute approximate surface area is 164 Å². The molecule has 5 nitrogen and oxygen atoms in total. The fourth-order valence-electron chi connectivity index (χ4n) is 4.46. The van der Waals surface area contributed by atoms with E-state index in [4.69, 9.17) is 21.7 Å². The van der Waals surface area contributed by atoms with Crippen molar-refractivity contribution in [1.29, 1.82) is 0 Å². The van der Waals surface area contributed by atoms with E-state index in [1.807, 2.05) is 11.9 Å². The van der Waals surface area contributed by atoms with E-state index in [-0.39, 0.29) is 6.54 Å². The van der Waals surface area contributed by atoms with Crippen molar-refractivity contribution in [2.75, 3.05) is 31.6 Å². The molecular weight excluding hydrogens is 362 g/mol. The van der Waals surface area contributed by atoms with Gasteiger partial charge in [-0.1, -0.05) is 11.6 Å². The number of halogens is 1. The number of aliphatic carboxylic acids is 1. The minimum atomic E-state index is -0.763. The van der Waals surface area contributed by atoms with Crippen molar-refractivity contribution in [3.05, 3.63) is 34.5 Å². The molecule has 2 aromatic rings. The van der Waals surface area contributed by atoms with Crippen molar-refractivity contribution in [2.24, 2.45) is 0 Å². The fourth-order valence-corrected chi connectivity index (χ4v) is 4.82. The van der Waals surface area contributed by atoms with Gasteiger partial charge in [-0.2, -0.15) is 0 Å². The maximum absolute atomic E-state index is 10.9. The van der Waals surface area contributed by atoms with Gasteiger partial charge in [0.15, 0.2) is 0 Å². The van der Waals surface area contributed by atoms with E-state index in [1.54, 1.807) is 0 Å². The van der Waals surface area contributed by atoms with Crippen LogP contribution in [0.15, 0.2) is 18.2 Å². The number of anilines is 1. The largest absolute Gasteiger partial charge is 0.480 e. The Bertz CT molecular complexity index is 862. The molecule has 2 aliphatic rings. The van der Waals surface area contributed by atoms with Crippen LogP contribution in [0.3, 0.4) is 0 Å². The van der Waals surface area contributed by atoms with Gasteiger partial charge in [-0.3, -0.25) is 14.7 Å². The first-order valence-corrected chi connectivity index (χ1v) is 10.2. The third-order valence-electron chi connectivity index (χ3n) is 6.01. The molecule has 0 atom stereocenters. The Morgan fingerprint density at radius 1 is 1.30 bits per heavy atom. The third-order valence-corrected chi connectivity index (χ3v) is 6.45. The smallest absolute Gasteiger partial charge is 0.317 e. The molecule has 0 bridgehead atoms. The van der Waals surface area contributed by atoms with E-state index in [0.717, 1.165) is 54.7 Å². The molecule has 0 saturated carbocycles. The molecule has 0 amide bonds. The molecular formula is C21H26ClN3O2. The van der Waals surface area contributed by atoms with Gasteiger partial charge in [0.2, 0.25) is 0 Å². The van der Waals surface area contributed by atoms with Crippen LogP contribution in [0, 0.1) is 0 Å². The summed E-state index contributed by atoms with van der Waals surface area (Å²) in [4.78, 5) is 20.2. The van der Waals surface area contributed by atoms with Crippen LogP contribution >= 0.6 is 11.6 Å². The highest BCUT2D eigenvalue weighted by Gasteiger charge is 2.24. The Morgan fingerprint density at radius 2 is 2.04 bits per heavy atom. The minimum absolute atomic E-state index is 0.105.